The molecule has 1 aliphatic rings. The van der Waals surface area contributed by atoms with E-state index in [0.29, 0.717) is 12.2 Å². The van der Waals surface area contributed by atoms with Gasteiger partial charge in [0.2, 0.25) is 10.0 Å². The highest BCUT2D eigenvalue weighted by atomic mass is 32.2. The summed E-state index contributed by atoms with van der Waals surface area (Å²) in [6.45, 7) is 4.10. The summed E-state index contributed by atoms with van der Waals surface area (Å²) in [5.41, 5.74) is 2.31. The van der Waals surface area contributed by atoms with Crippen LogP contribution in [0.15, 0.2) is 27.7 Å². The number of carbonyl (C=O) groups is 1. The van der Waals surface area contributed by atoms with Gasteiger partial charge in [0, 0.05) is 19.6 Å². The number of hydrogen-bond acceptors (Lipinski definition) is 8. The minimum absolute atomic E-state index is 0.107. The van der Waals surface area contributed by atoms with Crippen LogP contribution in [0.5, 0.6) is 11.5 Å². The van der Waals surface area contributed by atoms with Crippen molar-refractivity contribution >= 4 is 16.0 Å². The second kappa shape index (κ2) is 9.71. The van der Waals surface area contributed by atoms with Gasteiger partial charge in [-0.05, 0) is 49.6 Å². The number of aryl methyl sites for hydroxylation is 1. The molecule has 31 heavy (non-hydrogen) atoms. The van der Waals surface area contributed by atoms with Gasteiger partial charge in [-0.15, -0.1) is 0 Å². The van der Waals surface area contributed by atoms with Gasteiger partial charge < -0.3 is 18.6 Å². The molecule has 0 unspecified atom stereocenters. The number of hydrogen-bond donors (Lipinski definition) is 1. The molecular formula is C21H28N2O7S. The first-order chi connectivity index (χ1) is 14.8. The molecule has 1 aromatic carbocycles. The topological polar surface area (TPSA) is 107 Å². The third-order valence-electron chi connectivity index (χ3n) is 5.33. The van der Waals surface area contributed by atoms with E-state index in [1.807, 2.05) is 12.1 Å². The van der Waals surface area contributed by atoms with E-state index >= 15 is 0 Å². The highest BCUT2D eigenvalue weighted by molar-refractivity contribution is 7.89. The first-order valence-corrected chi connectivity index (χ1v) is 11.4. The zero-order chi connectivity index (χ0) is 22.6. The molecule has 0 saturated carbocycles. The van der Waals surface area contributed by atoms with Gasteiger partial charge in [-0.1, -0.05) is 0 Å². The summed E-state index contributed by atoms with van der Waals surface area (Å²) < 4.78 is 48.4. The van der Waals surface area contributed by atoms with Crippen LogP contribution in [0.3, 0.4) is 0 Å². The summed E-state index contributed by atoms with van der Waals surface area (Å²) >= 11 is 0. The lowest BCUT2D eigenvalue weighted by molar-refractivity contribution is 0.0596. The van der Waals surface area contributed by atoms with Gasteiger partial charge in [0.1, 0.15) is 22.5 Å². The van der Waals surface area contributed by atoms with Crippen LogP contribution in [0.1, 0.15) is 33.7 Å². The van der Waals surface area contributed by atoms with E-state index < -0.39 is 16.0 Å². The van der Waals surface area contributed by atoms with Crippen molar-refractivity contribution in [1.29, 1.82) is 0 Å². The van der Waals surface area contributed by atoms with Gasteiger partial charge in [-0.3, -0.25) is 4.90 Å². The van der Waals surface area contributed by atoms with Gasteiger partial charge in [0.05, 0.1) is 21.3 Å². The smallest absolute Gasteiger partial charge is 0.342 e. The Bertz CT molecular complexity index is 1050. The zero-order valence-electron chi connectivity index (χ0n) is 18.2. The molecular weight excluding hydrogens is 424 g/mol. The summed E-state index contributed by atoms with van der Waals surface area (Å²) in [6.07, 6.45) is 2.61. The molecule has 2 aromatic rings. The molecule has 0 amide bonds. The number of methoxy groups -OCH3 is 3. The predicted octanol–water partition coefficient (Wildman–Crippen LogP) is 2.12. The second-order valence-corrected chi connectivity index (χ2v) is 8.98. The Morgan fingerprint density at radius 1 is 1.16 bits per heavy atom. The largest absolute Gasteiger partial charge is 0.493 e. The number of nitrogens with one attached hydrogen (secondary N) is 1. The number of esters is 1. The van der Waals surface area contributed by atoms with Crippen LogP contribution in [-0.4, -0.2) is 60.3 Å². The maximum Gasteiger partial charge on any atom is 0.342 e. The summed E-state index contributed by atoms with van der Waals surface area (Å²) in [5.74, 6) is 0.818. The number of benzene rings is 1. The lowest BCUT2D eigenvalue weighted by Gasteiger charge is -2.29. The van der Waals surface area contributed by atoms with E-state index in [2.05, 4.69) is 14.4 Å². The van der Waals surface area contributed by atoms with Gasteiger partial charge >= 0.3 is 5.97 Å². The van der Waals surface area contributed by atoms with E-state index in [0.717, 1.165) is 38.1 Å². The van der Waals surface area contributed by atoms with Crippen LogP contribution < -0.4 is 14.2 Å². The molecule has 0 bridgehead atoms. The molecule has 0 radical (unpaired) electrons. The van der Waals surface area contributed by atoms with Crippen LogP contribution in [0.2, 0.25) is 0 Å². The molecule has 0 spiro atoms. The predicted molar refractivity (Wildman–Crippen MR) is 113 cm³/mol. The molecule has 2 heterocycles. The average Bonchev–Trinajstić information content (AvgIpc) is 3.17. The SMILES string of the molecule is COC(=O)c1coc(C)c1S(=O)(=O)NCCCN1CCc2cc(OC)c(OC)cc2C1. The zero-order valence-corrected chi connectivity index (χ0v) is 19.0. The lowest BCUT2D eigenvalue weighted by atomic mass is 9.98. The molecule has 1 aliphatic heterocycles. The molecule has 170 valence electrons. The fourth-order valence-electron chi connectivity index (χ4n) is 3.74. The van der Waals surface area contributed by atoms with Crippen LogP contribution in [0.4, 0.5) is 0 Å². The molecule has 0 aliphatic carbocycles. The van der Waals surface area contributed by atoms with E-state index in [1.165, 1.54) is 25.2 Å². The van der Waals surface area contributed by atoms with E-state index in [-0.39, 0.29) is 22.8 Å². The van der Waals surface area contributed by atoms with Crippen molar-refractivity contribution in [3.8, 4) is 11.5 Å². The maximum absolute atomic E-state index is 12.7. The van der Waals surface area contributed by atoms with Crippen molar-refractivity contribution in [1.82, 2.24) is 9.62 Å². The van der Waals surface area contributed by atoms with Crippen LogP contribution in [0.25, 0.3) is 0 Å². The lowest BCUT2D eigenvalue weighted by Crippen LogP contribution is -2.34. The van der Waals surface area contributed by atoms with Crippen molar-refractivity contribution < 1.29 is 31.8 Å². The average molecular weight is 453 g/mol. The number of nitrogens with zero attached hydrogens (tertiary/aromatic N) is 1. The van der Waals surface area contributed by atoms with Gasteiger partial charge in [0.25, 0.3) is 0 Å². The van der Waals surface area contributed by atoms with Crippen LogP contribution in [0, 0.1) is 6.92 Å². The highest BCUT2D eigenvalue weighted by Crippen LogP contribution is 2.33. The Kier molecular flexibility index (Phi) is 7.24. The van der Waals surface area contributed by atoms with Gasteiger partial charge in [-0.2, -0.15) is 0 Å². The van der Waals surface area contributed by atoms with Gasteiger partial charge in [-0.25, -0.2) is 17.9 Å². The first kappa shape index (κ1) is 23.1. The Morgan fingerprint density at radius 3 is 2.48 bits per heavy atom. The number of carbonyl (C=O) groups excluding carboxylic acids is 1. The summed E-state index contributed by atoms with van der Waals surface area (Å²) in [5, 5.41) is 0. The fraction of sp³-hybridized carbons (Fsp3) is 0.476. The van der Waals surface area contributed by atoms with Gasteiger partial charge in [0.15, 0.2) is 11.5 Å². The molecule has 1 aromatic heterocycles. The number of sulfonamides is 1. The molecule has 3 rings (SSSR count). The number of ether oxygens (including phenoxy) is 3. The molecule has 9 nitrogen and oxygen atoms in total. The van der Waals surface area contributed by atoms with Crippen LogP contribution >= 0.6 is 0 Å². The number of rotatable bonds is 9. The Morgan fingerprint density at radius 2 is 1.84 bits per heavy atom. The van der Waals surface area contributed by atoms with Crippen molar-refractivity contribution in [2.24, 2.45) is 0 Å². The highest BCUT2D eigenvalue weighted by Gasteiger charge is 2.28. The molecule has 0 fully saturated rings. The Labute approximate surface area is 182 Å². The van der Waals surface area contributed by atoms with E-state index in [1.54, 1.807) is 14.2 Å². The standard InChI is InChI=1S/C21H28N2O7S/c1-14-20(17(13-30-14)21(24)29-4)31(25,26)22-7-5-8-23-9-6-15-10-18(27-2)19(28-3)11-16(15)12-23/h10-11,13,22H,5-9,12H2,1-4H3. The van der Waals surface area contributed by atoms with Crippen molar-refractivity contribution in [3.05, 3.63) is 40.8 Å². The molecule has 0 atom stereocenters. The third-order valence-corrected chi connectivity index (χ3v) is 6.96. The fourth-order valence-corrected chi connectivity index (χ4v) is 5.15. The monoisotopic (exact) mass is 452 g/mol. The Balaban J connectivity index is 1.57. The summed E-state index contributed by atoms with van der Waals surface area (Å²) in [4.78, 5) is 13.9. The quantitative estimate of drug-likeness (QED) is 0.455. The molecule has 0 saturated heterocycles. The number of furan rings is 1. The first-order valence-electron chi connectivity index (χ1n) is 9.93. The Hall–Kier alpha value is -2.56. The second-order valence-electron chi connectivity index (χ2n) is 7.28. The minimum atomic E-state index is -3.90. The maximum atomic E-state index is 12.7. The summed E-state index contributed by atoms with van der Waals surface area (Å²) in [6, 6.07) is 4.02. The minimum Gasteiger partial charge on any atom is -0.493 e. The summed E-state index contributed by atoms with van der Waals surface area (Å²) in [7, 11) is 0.536. The molecule has 10 heteroatoms. The van der Waals surface area contributed by atoms with Crippen molar-refractivity contribution in [3.63, 3.8) is 0 Å². The van der Waals surface area contributed by atoms with Crippen molar-refractivity contribution in [2.45, 2.75) is 31.2 Å². The van der Waals surface area contributed by atoms with E-state index in [4.69, 9.17) is 13.9 Å². The molecule has 1 N–H and O–H groups in total. The van der Waals surface area contributed by atoms with Crippen LogP contribution in [-0.2, 0) is 27.7 Å². The normalized spacial score (nSPS) is 14.2. The van der Waals surface area contributed by atoms with Crippen molar-refractivity contribution in [2.75, 3.05) is 41.0 Å². The number of fused-ring (bicyclic) bond motifs is 1. The van der Waals surface area contributed by atoms with E-state index in [9.17, 15) is 13.2 Å². The third kappa shape index (κ3) is 5.03.